The van der Waals surface area contributed by atoms with E-state index in [1.54, 1.807) is 48.8 Å². The molecular formula is C20H14N4O3. The molecule has 0 unspecified atom stereocenters. The maximum Gasteiger partial charge on any atom is 0.335 e. The first-order chi connectivity index (χ1) is 13.0. The van der Waals surface area contributed by atoms with Crippen molar-refractivity contribution in [2.24, 2.45) is 5.73 Å². The molecule has 2 aromatic carbocycles. The summed E-state index contributed by atoms with van der Waals surface area (Å²) in [5.41, 5.74) is 9.82. The standard InChI is InChI=1S/C20H14N4O3/c21-19(25)14-5-3-13(4-6-14)17-9-23-18-10-22-16(11-24(17)18)12-1-7-15(8-2-12)20(26)27/h1-11H,(H2,21,25)(H,26,27). The molecule has 0 aliphatic heterocycles. The van der Waals surface area contributed by atoms with Crippen LogP contribution in [0.25, 0.3) is 28.2 Å². The van der Waals surface area contributed by atoms with E-state index in [1.165, 1.54) is 0 Å². The molecular weight excluding hydrogens is 344 g/mol. The Hall–Kier alpha value is -4.00. The summed E-state index contributed by atoms with van der Waals surface area (Å²) in [5, 5.41) is 9.02. The number of carboxylic acid groups (broad SMARTS) is 1. The van der Waals surface area contributed by atoms with Gasteiger partial charge in [-0.2, -0.15) is 0 Å². The molecule has 0 bridgehead atoms. The molecule has 0 saturated heterocycles. The van der Waals surface area contributed by atoms with Gasteiger partial charge in [-0.3, -0.25) is 14.2 Å². The van der Waals surface area contributed by atoms with Crippen LogP contribution in [0.4, 0.5) is 0 Å². The third-order valence-electron chi connectivity index (χ3n) is 4.29. The van der Waals surface area contributed by atoms with Crippen LogP contribution >= 0.6 is 0 Å². The second-order valence-corrected chi connectivity index (χ2v) is 5.97. The van der Waals surface area contributed by atoms with Crippen LogP contribution in [0.2, 0.25) is 0 Å². The Morgan fingerprint density at radius 2 is 1.48 bits per heavy atom. The predicted molar refractivity (Wildman–Crippen MR) is 99.3 cm³/mol. The molecule has 1 amide bonds. The summed E-state index contributed by atoms with van der Waals surface area (Å²) in [6.45, 7) is 0. The van der Waals surface area contributed by atoms with Crippen molar-refractivity contribution in [3.63, 3.8) is 0 Å². The third-order valence-corrected chi connectivity index (χ3v) is 4.29. The zero-order valence-electron chi connectivity index (χ0n) is 14.0. The zero-order valence-corrected chi connectivity index (χ0v) is 14.0. The number of hydrogen-bond acceptors (Lipinski definition) is 4. The van der Waals surface area contributed by atoms with E-state index >= 15 is 0 Å². The van der Waals surface area contributed by atoms with Gasteiger partial charge in [0.15, 0.2) is 5.65 Å². The Bertz CT molecular complexity index is 1160. The number of rotatable bonds is 4. The van der Waals surface area contributed by atoms with E-state index in [-0.39, 0.29) is 5.56 Å². The van der Waals surface area contributed by atoms with Crippen molar-refractivity contribution in [3.8, 4) is 22.5 Å². The number of aromatic carboxylic acids is 1. The first-order valence-electron chi connectivity index (χ1n) is 8.10. The maximum absolute atomic E-state index is 11.2. The Labute approximate surface area is 153 Å². The van der Waals surface area contributed by atoms with Crippen molar-refractivity contribution >= 4 is 17.5 Å². The summed E-state index contributed by atoms with van der Waals surface area (Å²) in [4.78, 5) is 31.0. The van der Waals surface area contributed by atoms with Crippen molar-refractivity contribution in [3.05, 3.63) is 78.2 Å². The molecule has 0 radical (unpaired) electrons. The fourth-order valence-corrected chi connectivity index (χ4v) is 2.84. The molecule has 132 valence electrons. The van der Waals surface area contributed by atoms with E-state index in [0.29, 0.717) is 16.9 Å². The van der Waals surface area contributed by atoms with Crippen molar-refractivity contribution in [2.45, 2.75) is 0 Å². The Morgan fingerprint density at radius 1 is 0.852 bits per heavy atom. The van der Waals surface area contributed by atoms with Crippen molar-refractivity contribution < 1.29 is 14.7 Å². The lowest BCUT2D eigenvalue weighted by Crippen LogP contribution is -2.10. The van der Waals surface area contributed by atoms with Gasteiger partial charge in [0.05, 0.1) is 29.3 Å². The Balaban J connectivity index is 1.77. The molecule has 0 atom stereocenters. The average Bonchev–Trinajstić information content (AvgIpc) is 3.11. The number of benzene rings is 2. The first kappa shape index (κ1) is 16.5. The molecule has 3 N–H and O–H groups in total. The molecule has 2 aromatic heterocycles. The number of nitrogens with zero attached hydrogens (tertiary/aromatic N) is 3. The number of carboxylic acids is 1. The number of fused-ring (bicyclic) bond motifs is 1. The van der Waals surface area contributed by atoms with Crippen molar-refractivity contribution in [1.29, 1.82) is 0 Å². The third kappa shape index (κ3) is 3.02. The van der Waals surface area contributed by atoms with Crippen LogP contribution in [-0.4, -0.2) is 31.4 Å². The van der Waals surface area contributed by atoms with Gasteiger partial charge < -0.3 is 10.8 Å². The van der Waals surface area contributed by atoms with Crippen LogP contribution in [0, 0.1) is 0 Å². The SMILES string of the molecule is NC(=O)c1ccc(-c2cnc3cnc(-c4ccc(C(=O)O)cc4)cn23)cc1. The molecule has 2 heterocycles. The molecule has 4 rings (SSSR count). The zero-order chi connectivity index (χ0) is 19.0. The van der Waals surface area contributed by atoms with E-state index in [9.17, 15) is 9.59 Å². The average molecular weight is 358 g/mol. The molecule has 7 nitrogen and oxygen atoms in total. The van der Waals surface area contributed by atoms with Crippen LogP contribution in [0.1, 0.15) is 20.7 Å². The smallest absolute Gasteiger partial charge is 0.335 e. The number of imidazole rings is 1. The highest BCUT2D eigenvalue weighted by atomic mass is 16.4. The number of carbonyl (C=O) groups excluding carboxylic acids is 1. The van der Waals surface area contributed by atoms with Gasteiger partial charge in [0.1, 0.15) is 0 Å². The largest absolute Gasteiger partial charge is 0.478 e. The highest BCUT2D eigenvalue weighted by Gasteiger charge is 2.10. The number of carbonyl (C=O) groups is 2. The van der Waals surface area contributed by atoms with E-state index in [1.807, 2.05) is 22.7 Å². The van der Waals surface area contributed by atoms with Gasteiger partial charge in [-0.05, 0) is 24.3 Å². The second-order valence-electron chi connectivity index (χ2n) is 5.97. The molecule has 27 heavy (non-hydrogen) atoms. The maximum atomic E-state index is 11.2. The number of amides is 1. The normalized spacial score (nSPS) is 10.8. The minimum absolute atomic E-state index is 0.220. The Kier molecular flexibility index (Phi) is 3.89. The van der Waals surface area contributed by atoms with Gasteiger partial charge in [0.25, 0.3) is 0 Å². The lowest BCUT2D eigenvalue weighted by atomic mass is 10.1. The highest BCUT2D eigenvalue weighted by Crippen LogP contribution is 2.24. The van der Waals surface area contributed by atoms with Gasteiger partial charge in [-0.15, -0.1) is 0 Å². The minimum atomic E-state index is -0.971. The summed E-state index contributed by atoms with van der Waals surface area (Å²) < 4.78 is 1.90. The van der Waals surface area contributed by atoms with Gasteiger partial charge in [0, 0.05) is 22.9 Å². The fourth-order valence-electron chi connectivity index (χ4n) is 2.84. The fraction of sp³-hybridized carbons (Fsp3) is 0. The number of nitrogens with two attached hydrogens (primary N) is 1. The molecule has 0 aliphatic carbocycles. The van der Waals surface area contributed by atoms with E-state index in [2.05, 4.69) is 9.97 Å². The number of primary amides is 1. The van der Waals surface area contributed by atoms with Crippen LogP contribution in [0.5, 0.6) is 0 Å². The van der Waals surface area contributed by atoms with Gasteiger partial charge in [-0.25, -0.2) is 9.78 Å². The van der Waals surface area contributed by atoms with Gasteiger partial charge in [0.2, 0.25) is 5.91 Å². The topological polar surface area (TPSA) is 111 Å². The van der Waals surface area contributed by atoms with E-state index < -0.39 is 11.9 Å². The summed E-state index contributed by atoms with van der Waals surface area (Å²) in [6, 6.07) is 13.5. The van der Waals surface area contributed by atoms with Crippen LogP contribution in [-0.2, 0) is 0 Å². The summed E-state index contributed by atoms with van der Waals surface area (Å²) in [5.74, 6) is -1.45. The monoisotopic (exact) mass is 358 g/mol. The molecule has 0 aliphatic rings. The minimum Gasteiger partial charge on any atom is -0.478 e. The van der Waals surface area contributed by atoms with Crippen LogP contribution in [0.15, 0.2) is 67.1 Å². The van der Waals surface area contributed by atoms with E-state index in [0.717, 1.165) is 16.8 Å². The summed E-state index contributed by atoms with van der Waals surface area (Å²) >= 11 is 0. The Morgan fingerprint density at radius 3 is 2.11 bits per heavy atom. The van der Waals surface area contributed by atoms with Gasteiger partial charge in [-0.1, -0.05) is 24.3 Å². The van der Waals surface area contributed by atoms with E-state index in [4.69, 9.17) is 10.8 Å². The van der Waals surface area contributed by atoms with Crippen LogP contribution in [0.3, 0.4) is 0 Å². The second kappa shape index (κ2) is 6.38. The lowest BCUT2D eigenvalue weighted by Gasteiger charge is -2.06. The quantitative estimate of drug-likeness (QED) is 0.583. The van der Waals surface area contributed by atoms with Gasteiger partial charge >= 0.3 is 5.97 Å². The molecule has 0 spiro atoms. The molecule has 4 aromatic rings. The highest BCUT2D eigenvalue weighted by molar-refractivity contribution is 5.93. The molecule has 0 saturated carbocycles. The van der Waals surface area contributed by atoms with Crippen molar-refractivity contribution in [1.82, 2.24) is 14.4 Å². The number of hydrogen-bond donors (Lipinski definition) is 2. The summed E-state index contributed by atoms with van der Waals surface area (Å²) in [6.07, 6.45) is 5.23. The molecule has 7 heteroatoms. The van der Waals surface area contributed by atoms with Crippen LogP contribution < -0.4 is 5.73 Å². The number of aromatic nitrogens is 3. The first-order valence-corrected chi connectivity index (χ1v) is 8.10. The van der Waals surface area contributed by atoms with Crippen molar-refractivity contribution in [2.75, 3.05) is 0 Å². The summed E-state index contributed by atoms with van der Waals surface area (Å²) in [7, 11) is 0. The lowest BCUT2D eigenvalue weighted by molar-refractivity contribution is 0.0696. The molecule has 0 fully saturated rings. The predicted octanol–water partition coefficient (Wildman–Crippen LogP) is 2.86.